The average molecular weight is 279 g/mol. The van der Waals surface area contributed by atoms with Crippen LogP contribution in [0.2, 0.25) is 0 Å². The molecule has 0 bridgehead atoms. The summed E-state index contributed by atoms with van der Waals surface area (Å²) in [6.45, 7) is 2.97. The van der Waals surface area contributed by atoms with Crippen molar-refractivity contribution >= 4 is 5.97 Å². The van der Waals surface area contributed by atoms with Crippen LogP contribution in [0.1, 0.15) is 37.8 Å². The first-order chi connectivity index (χ1) is 9.52. The Morgan fingerprint density at radius 2 is 2.30 bits per heavy atom. The number of hydrogen-bond donors (Lipinski definition) is 2. The highest BCUT2D eigenvalue weighted by molar-refractivity contribution is 5.67. The Morgan fingerprint density at radius 1 is 1.55 bits per heavy atom. The maximum Gasteiger partial charge on any atom is 0.304 e. The smallest absolute Gasteiger partial charge is 0.304 e. The Balaban J connectivity index is 2.17. The number of nitrogens with zero attached hydrogens (tertiary/aromatic N) is 1. The van der Waals surface area contributed by atoms with Crippen LogP contribution in [0.3, 0.4) is 0 Å². The van der Waals surface area contributed by atoms with Gasteiger partial charge in [-0.3, -0.25) is 9.69 Å². The van der Waals surface area contributed by atoms with Crippen LogP contribution in [-0.4, -0.2) is 40.8 Å². The summed E-state index contributed by atoms with van der Waals surface area (Å²) < 4.78 is 5.13. The first-order valence-electron chi connectivity index (χ1n) is 6.87. The lowest BCUT2D eigenvalue weighted by Crippen LogP contribution is -2.33. The first-order valence-corrected chi connectivity index (χ1v) is 6.87. The van der Waals surface area contributed by atoms with Crippen molar-refractivity contribution in [2.45, 2.75) is 38.3 Å². The third-order valence-electron chi connectivity index (χ3n) is 4.02. The van der Waals surface area contributed by atoms with E-state index in [1.807, 2.05) is 12.1 Å². The number of rotatable bonds is 5. The molecule has 20 heavy (non-hydrogen) atoms. The predicted octanol–water partition coefficient (Wildman–Crippen LogP) is 2.40. The normalized spacial score (nSPS) is 20.8. The minimum Gasteiger partial charge on any atom is -0.504 e. The highest BCUT2D eigenvalue weighted by Crippen LogP contribution is 2.34. The number of hydrogen-bond acceptors (Lipinski definition) is 4. The van der Waals surface area contributed by atoms with Crippen molar-refractivity contribution in [3.05, 3.63) is 23.8 Å². The molecular formula is C15H21NO4. The van der Waals surface area contributed by atoms with E-state index in [9.17, 15) is 9.90 Å². The van der Waals surface area contributed by atoms with Crippen LogP contribution in [0, 0.1) is 0 Å². The summed E-state index contributed by atoms with van der Waals surface area (Å²) in [6, 6.07) is 5.49. The fourth-order valence-electron chi connectivity index (χ4n) is 2.93. The second-order valence-corrected chi connectivity index (χ2v) is 5.24. The quantitative estimate of drug-likeness (QED) is 0.866. The molecule has 5 heteroatoms. The third-order valence-corrected chi connectivity index (χ3v) is 4.02. The van der Waals surface area contributed by atoms with E-state index in [4.69, 9.17) is 9.84 Å². The monoisotopic (exact) mass is 279 g/mol. The molecule has 2 N–H and O–H groups in total. The molecule has 2 atom stereocenters. The second kappa shape index (κ2) is 6.13. The van der Waals surface area contributed by atoms with E-state index >= 15 is 0 Å². The van der Waals surface area contributed by atoms with Crippen molar-refractivity contribution in [3.63, 3.8) is 0 Å². The number of methoxy groups -OCH3 is 1. The van der Waals surface area contributed by atoms with Gasteiger partial charge in [-0.1, -0.05) is 6.07 Å². The number of carbonyl (C=O) groups is 1. The van der Waals surface area contributed by atoms with E-state index in [1.54, 1.807) is 6.07 Å². The summed E-state index contributed by atoms with van der Waals surface area (Å²) in [5.74, 6) is -0.187. The van der Waals surface area contributed by atoms with Gasteiger partial charge in [0.15, 0.2) is 11.5 Å². The molecule has 0 amide bonds. The van der Waals surface area contributed by atoms with Gasteiger partial charge in [0.1, 0.15) is 0 Å². The standard InChI is InChI=1S/C15H21NO4/c1-10(11-5-6-13(17)14(8-11)20-2)16-7-3-4-12(16)9-15(18)19/h5-6,8,10,12,17H,3-4,7,9H2,1-2H3,(H,18,19). The van der Waals surface area contributed by atoms with Gasteiger partial charge in [-0.15, -0.1) is 0 Å². The van der Waals surface area contributed by atoms with Crippen molar-refractivity contribution < 1.29 is 19.7 Å². The van der Waals surface area contributed by atoms with Crippen LogP contribution in [0.4, 0.5) is 0 Å². The van der Waals surface area contributed by atoms with Gasteiger partial charge in [0, 0.05) is 12.1 Å². The van der Waals surface area contributed by atoms with Gasteiger partial charge >= 0.3 is 5.97 Å². The lowest BCUT2D eigenvalue weighted by Gasteiger charge is -2.30. The van der Waals surface area contributed by atoms with Gasteiger partial charge in [0.25, 0.3) is 0 Å². The fourth-order valence-corrected chi connectivity index (χ4v) is 2.93. The van der Waals surface area contributed by atoms with Gasteiger partial charge in [-0.25, -0.2) is 0 Å². The summed E-state index contributed by atoms with van der Waals surface area (Å²) in [5.41, 5.74) is 1.02. The highest BCUT2D eigenvalue weighted by Gasteiger charge is 2.30. The number of phenols is 1. The summed E-state index contributed by atoms with van der Waals surface area (Å²) in [4.78, 5) is 13.1. The van der Waals surface area contributed by atoms with Crippen molar-refractivity contribution in [2.75, 3.05) is 13.7 Å². The molecule has 2 rings (SSSR count). The Morgan fingerprint density at radius 3 is 2.95 bits per heavy atom. The number of carboxylic acids is 1. The topological polar surface area (TPSA) is 70.0 Å². The number of aliphatic carboxylic acids is 1. The molecule has 0 aromatic heterocycles. The number of benzene rings is 1. The molecule has 1 aromatic rings. The minimum absolute atomic E-state index is 0.0855. The van der Waals surface area contributed by atoms with E-state index in [2.05, 4.69) is 11.8 Å². The Kier molecular flexibility index (Phi) is 4.49. The lowest BCUT2D eigenvalue weighted by atomic mass is 10.0. The number of likely N-dealkylation sites (tertiary alicyclic amines) is 1. The van der Waals surface area contributed by atoms with E-state index in [0.29, 0.717) is 5.75 Å². The zero-order valence-electron chi connectivity index (χ0n) is 11.9. The second-order valence-electron chi connectivity index (χ2n) is 5.24. The van der Waals surface area contributed by atoms with Crippen LogP contribution in [0.25, 0.3) is 0 Å². The molecule has 5 nitrogen and oxygen atoms in total. The van der Waals surface area contributed by atoms with Crippen molar-refractivity contribution in [1.82, 2.24) is 4.90 Å². The van der Waals surface area contributed by atoms with E-state index in [-0.39, 0.29) is 24.3 Å². The van der Waals surface area contributed by atoms with Crippen molar-refractivity contribution in [2.24, 2.45) is 0 Å². The number of phenolic OH excluding ortho intramolecular Hbond substituents is 1. The maximum absolute atomic E-state index is 10.9. The third kappa shape index (κ3) is 3.04. The van der Waals surface area contributed by atoms with Gasteiger partial charge in [0.05, 0.1) is 13.5 Å². The molecular weight excluding hydrogens is 258 g/mol. The molecule has 110 valence electrons. The van der Waals surface area contributed by atoms with Gasteiger partial charge in [0.2, 0.25) is 0 Å². The van der Waals surface area contributed by atoms with Crippen molar-refractivity contribution in [3.8, 4) is 11.5 Å². The molecule has 1 aromatic carbocycles. The van der Waals surface area contributed by atoms with E-state index in [0.717, 1.165) is 24.9 Å². The highest BCUT2D eigenvalue weighted by atomic mass is 16.5. The summed E-state index contributed by atoms with van der Waals surface area (Å²) in [7, 11) is 1.52. The molecule has 1 saturated heterocycles. The SMILES string of the molecule is COc1cc(C(C)N2CCCC2CC(=O)O)ccc1O. The van der Waals surface area contributed by atoms with Crippen LogP contribution in [0.15, 0.2) is 18.2 Å². The Hall–Kier alpha value is -1.75. The van der Waals surface area contributed by atoms with Gasteiger partial charge < -0.3 is 14.9 Å². The van der Waals surface area contributed by atoms with Gasteiger partial charge in [-0.2, -0.15) is 0 Å². The molecule has 1 heterocycles. The molecule has 0 saturated carbocycles. The number of carboxylic acid groups (broad SMARTS) is 1. The lowest BCUT2D eigenvalue weighted by molar-refractivity contribution is -0.138. The summed E-state index contributed by atoms with van der Waals surface area (Å²) in [5, 5.41) is 18.6. The minimum atomic E-state index is -0.752. The largest absolute Gasteiger partial charge is 0.504 e. The molecule has 1 aliphatic rings. The van der Waals surface area contributed by atoms with E-state index < -0.39 is 5.97 Å². The molecule has 2 unspecified atom stereocenters. The average Bonchev–Trinajstić information content (AvgIpc) is 2.85. The molecule has 0 radical (unpaired) electrons. The molecule has 1 aliphatic heterocycles. The van der Waals surface area contributed by atoms with E-state index in [1.165, 1.54) is 7.11 Å². The van der Waals surface area contributed by atoms with Crippen molar-refractivity contribution in [1.29, 1.82) is 0 Å². The summed E-state index contributed by atoms with van der Waals surface area (Å²) >= 11 is 0. The zero-order valence-corrected chi connectivity index (χ0v) is 11.9. The molecule has 0 aliphatic carbocycles. The molecule has 1 fully saturated rings. The number of ether oxygens (including phenoxy) is 1. The first kappa shape index (κ1) is 14.7. The fraction of sp³-hybridized carbons (Fsp3) is 0.533. The van der Waals surface area contributed by atoms with Crippen LogP contribution >= 0.6 is 0 Å². The maximum atomic E-state index is 10.9. The van der Waals surface area contributed by atoms with Crippen LogP contribution in [0.5, 0.6) is 11.5 Å². The summed E-state index contributed by atoms with van der Waals surface area (Å²) in [6.07, 6.45) is 2.13. The molecule has 0 spiro atoms. The Bertz CT molecular complexity index is 489. The zero-order chi connectivity index (χ0) is 14.7. The predicted molar refractivity (Wildman–Crippen MR) is 75.1 cm³/mol. The van der Waals surface area contributed by atoms with Crippen LogP contribution < -0.4 is 4.74 Å². The Labute approximate surface area is 118 Å². The van der Waals surface area contributed by atoms with Crippen LogP contribution in [-0.2, 0) is 4.79 Å². The van der Waals surface area contributed by atoms with Gasteiger partial charge in [-0.05, 0) is 44.0 Å². The number of aromatic hydroxyl groups is 1.